The Labute approximate surface area is 238 Å². The molecule has 13 heteroatoms. The zero-order chi connectivity index (χ0) is 31.0. The number of unbranched alkanes of at least 4 members (excludes halogenated alkanes) is 1. The maximum absolute atomic E-state index is 13.9. The monoisotopic (exact) mass is 601 g/mol. The van der Waals surface area contributed by atoms with E-state index in [4.69, 9.17) is 15.0 Å². The first-order chi connectivity index (χ1) is 19.1. The number of carboxylic acids is 2. The molecule has 0 amide bonds. The third-order valence-corrected chi connectivity index (χ3v) is 8.86. The van der Waals surface area contributed by atoms with Crippen LogP contribution < -0.4 is 15.5 Å². The minimum absolute atomic E-state index is 0.0378. The molecule has 0 fully saturated rings. The first-order valence-electron chi connectivity index (χ1n) is 13.2. The fourth-order valence-corrected chi connectivity index (χ4v) is 6.97. The second-order valence-corrected chi connectivity index (χ2v) is 12.2. The quantitative estimate of drug-likeness (QED) is 0.313. The van der Waals surface area contributed by atoms with E-state index in [-0.39, 0.29) is 24.9 Å². The first kappa shape index (κ1) is 34.0. The van der Waals surface area contributed by atoms with Gasteiger partial charge in [-0.1, -0.05) is 57.0 Å². The summed E-state index contributed by atoms with van der Waals surface area (Å²) in [5.41, 5.74) is 2.86. The van der Waals surface area contributed by atoms with Gasteiger partial charge in [-0.05, 0) is 41.7 Å². The van der Waals surface area contributed by atoms with Crippen molar-refractivity contribution in [3.63, 3.8) is 0 Å². The lowest BCUT2D eigenvalue weighted by atomic mass is 9.87. The zero-order valence-electron chi connectivity index (χ0n) is 23.6. The molecule has 0 saturated carbocycles. The van der Waals surface area contributed by atoms with Gasteiger partial charge in [-0.3, -0.25) is 10.1 Å². The number of hydrogen-bond donors (Lipinski definition) is 4. The molecular weight excluding hydrogens is 563 g/mol. The van der Waals surface area contributed by atoms with E-state index >= 15 is 0 Å². The minimum atomic E-state index is -5.08. The summed E-state index contributed by atoms with van der Waals surface area (Å²) in [6, 6.07) is 13.4. The van der Waals surface area contributed by atoms with Gasteiger partial charge >= 0.3 is 18.1 Å². The van der Waals surface area contributed by atoms with Crippen LogP contribution in [-0.2, 0) is 26.0 Å². The van der Waals surface area contributed by atoms with Crippen LogP contribution in [0, 0.1) is 0 Å². The van der Waals surface area contributed by atoms with Gasteiger partial charge in [0.15, 0.2) is 9.84 Å². The number of nitrogens with one attached hydrogen (secondary N) is 2. The molecule has 1 aliphatic heterocycles. The molecule has 2 aromatic rings. The summed E-state index contributed by atoms with van der Waals surface area (Å²) in [7, 11) is 0.225. The molecule has 0 radical (unpaired) electrons. The Kier molecular flexibility index (Phi) is 11.7. The van der Waals surface area contributed by atoms with Gasteiger partial charge in [0, 0.05) is 31.9 Å². The van der Waals surface area contributed by atoms with Crippen molar-refractivity contribution >= 4 is 27.5 Å². The van der Waals surface area contributed by atoms with E-state index in [2.05, 4.69) is 24.5 Å². The minimum Gasteiger partial charge on any atom is -0.480 e. The van der Waals surface area contributed by atoms with Crippen LogP contribution in [0.4, 0.5) is 18.9 Å². The number of rotatable bonds is 10. The number of sulfone groups is 1. The summed E-state index contributed by atoms with van der Waals surface area (Å²) < 4.78 is 59.4. The summed E-state index contributed by atoms with van der Waals surface area (Å²) in [6.45, 7) is 4.25. The van der Waals surface area contributed by atoms with Gasteiger partial charge in [0.1, 0.15) is 0 Å². The Bertz CT molecular complexity index is 1300. The van der Waals surface area contributed by atoms with Crippen molar-refractivity contribution in [3.8, 4) is 0 Å². The number of benzene rings is 2. The van der Waals surface area contributed by atoms with Crippen LogP contribution in [-0.4, -0.2) is 68.7 Å². The van der Waals surface area contributed by atoms with Crippen molar-refractivity contribution in [2.24, 2.45) is 0 Å². The Hall–Kier alpha value is -3.16. The van der Waals surface area contributed by atoms with Crippen LogP contribution in [0.2, 0.25) is 0 Å². The molecule has 0 spiro atoms. The molecule has 3 rings (SSSR count). The van der Waals surface area contributed by atoms with Gasteiger partial charge < -0.3 is 20.4 Å². The molecule has 0 saturated heterocycles. The highest BCUT2D eigenvalue weighted by Gasteiger charge is 2.42. The third-order valence-electron chi connectivity index (χ3n) is 6.91. The molecule has 2 atom stereocenters. The molecule has 4 N–H and O–H groups in total. The number of anilines is 1. The fourth-order valence-electron chi connectivity index (χ4n) is 4.80. The van der Waals surface area contributed by atoms with Crippen LogP contribution in [0.1, 0.15) is 62.3 Å². The molecule has 2 aromatic carbocycles. The van der Waals surface area contributed by atoms with Gasteiger partial charge in [0.05, 0.1) is 23.2 Å². The predicted molar refractivity (Wildman–Crippen MR) is 150 cm³/mol. The molecule has 1 heterocycles. The van der Waals surface area contributed by atoms with Crippen molar-refractivity contribution in [1.82, 2.24) is 10.6 Å². The average molecular weight is 602 g/mol. The van der Waals surface area contributed by atoms with Crippen molar-refractivity contribution in [1.29, 1.82) is 0 Å². The van der Waals surface area contributed by atoms with E-state index in [1.54, 1.807) is 6.07 Å². The van der Waals surface area contributed by atoms with Crippen molar-refractivity contribution < 1.29 is 41.4 Å². The zero-order valence-corrected chi connectivity index (χ0v) is 24.4. The van der Waals surface area contributed by atoms with Gasteiger partial charge in [-0.25, -0.2) is 13.2 Å². The van der Waals surface area contributed by atoms with E-state index in [0.717, 1.165) is 41.6 Å². The van der Waals surface area contributed by atoms with Crippen molar-refractivity contribution in [3.05, 3.63) is 59.2 Å². The molecule has 0 unspecified atom stereocenters. The van der Waals surface area contributed by atoms with E-state index < -0.39 is 33.5 Å². The topological polar surface area (TPSA) is 136 Å². The highest BCUT2D eigenvalue weighted by atomic mass is 32.2. The van der Waals surface area contributed by atoms with Crippen molar-refractivity contribution in [2.45, 2.75) is 68.7 Å². The van der Waals surface area contributed by atoms with Crippen LogP contribution >= 0.6 is 0 Å². The summed E-state index contributed by atoms with van der Waals surface area (Å²) in [4.78, 5) is 22.2. The van der Waals surface area contributed by atoms with E-state index in [0.29, 0.717) is 11.3 Å². The van der Waals surface area contributed by atoms with E-state index in [9.17, 15) is 26.4 Å². The number of carbonyl (C=O) groups is 2. The SMILES string of the molecule is CCCC[C@]1(CC)CS(=O)(=O)c2cc(CNCC(=O)O)c(N(C)C)cc2[C@@H](c2ccccc2)N1.O=C(O)C(F)(F)F. The van der Waals surface area contributed by atoms with Gasteiger partial charge in [-0.15, -0.1) is 0 Å². The number of alkyl halides is 3. The number of carboxylic acid groups (broad SMARTS) is 2. The van der Waals surface area contributed by atoms with Crippen molar-refractivity contribution in [2.75, 3.05) is 31.3 Å². The summed E-state index contributed by atoms with van der Waals surface area (Å²) in [6.07, 6.45) is -1.65. The summed E-state index contributed by atoms with van der Waals surface area (Å²) in [5, 5.41) is 22.8. The second-order valence-electron chi connectivity index (χ2n) is 10.2. The number of halogens is 3. The Morgan fingerprint density at radius 3 is 2.22 bits per heavy atom. The Morgan fingerprint density at radius 1 is 1.12 bits per heavy atom. The number of nitrogens with zero attached hydrogens (tertiary/aromatic N) is 1. The fraction of sp³-hybridized carbons (Fsp3) is 0.500. The number of hydrogen-bond acceptors (Lipinski definition) is 7. The highest BCUT2D eigenvalue weighted by molar-refractivity contribution is 7.91. The Balaban J connectivity index is 0.000000745. The lowest BCUT2D eigenvalue weighted by molar-refractivity contribution is -0.192. The third kappa shape index (κ3) is 9.17. The molecule has 0 aromatic heterocycles. The molecule has 228 valence electrons. The number of aliphatic carboxylic acids is 2. The maximum Gasteiger partial charge on any atom is 0.490 e. The standard InChI is InChI=1S/C26H37N3O4S.C2HF3O2/c1-5-7-13-26(6-2)18-34(32,33)23-14-20(16-27-17-24(30)31)22(29(3)4)15-21(23)25(28-26)19-11-9-8-10-12-19;3-2(4,5)1(6)7/h8-12,14-15,25,27-28H,5-7,13,16-18H2,1-4H3,(H,30,31);(H,6,7)/t25-,26-;/m1./s1. The largest absolute Gasteiger partial charge is 0.490 e. The lowest BCUT2D eigenvalue weighted by Crippen LogP contribution is -2.50. The molecule has 0 aliphatic carbocycles. The van der Waals surface area contributed by atoms with Gasteiger partial charge in [0.25, 0.3) is 0 Å². The molecule has 1 aliphatic rings. The molecular formula is C28H38F3N3O6S. The number of fused-ring (bicyclic) bond motifs is 1. The van der Waals surface area contributed by atoms with Crippen LogP contribution in [0.3, 0.4) is 0 Å². The maximum atomic E-state index is 13.9. The summed E-state index contributed by atoms with van der Waals surface area (Å²) in [5.74, 6) is -3.67. The summed E-state index contributed by atoms with van der Waals surface area (Å²) >= 11 is 0. The van der Waals surface area contributed by atoms with Crippen LogP contribution in [0.5, 0.6) is 0 Å². The normalized spacial score (nSPS) is 19.7. The molecule has 41 heavy (non-hydrogen) atoms. The first-order valence-corrected chi connectivity index (χ1v) is 14.8. The average Bonchev–Trinajstić information content (AvgIpc) is 2.99. The van der Waals surface area contributed by atoms with Crippen LogP contribution in [0.15, 0.2) is 47.4 Å². The molecule has 0 bridgehead atoms. The van der Waals surface area contributed by atoms with E-state index in [1.165, 1.54) is 0 Å². The van der Waals surface area contributed by atoms with E-state index in [1.807, 2.05) is 55.4 Å². The molecule has 9 nitrogen and oxygen atoms in total. The van der Waals surface area contributed by atoms with Gasteiger partial charge in [-0.2, -0.15) is 13.2 Å². The predicted octanol–water partition coefficient (Wildman–Crippen LogP) is 4.37. The smallest absolute Gasteiger partial charge is 0.480 e. The van der Waals surface area contributed by atoms with Gasteiger partial charge in [0.2, 0.25) is 0 Å². The van der Waals surface area contributed by atoms with Crippen LogP contribution in [0.25, 0.3) is 0 Å². The highest BCUT2D eigenvalue weighted by Crippen LogP contribution is 2.40. The lowest BCUT2D eigenvalue weighted by Gasteiger charge is -2.36. The second kappa shape index (κ2) is 14.1. The Morgan fingerprint density at radius 2 is 1.73 bits per heavy atom.